The second-order valence-electron chi connectivity index (χ2n) is 3.71. The van der Waals surface area contributed by atoms with Crippen molar-refractivity contribution < 1.29 is 4.39 Å². The lowest BCUT2D eigenvalue weighted by Crippen LogP contribution is -1.95. The minimum atomic E-state index is -0.298. The number of rotatable bonds is 2. The van der Waals surface area contributed by atoms with Gasteiger partial charge < -0.3 is 5.73 Å². The van der Waals surface area contributed by atoms with Crippen LogP contribution in [0.25, 0.3) is 0 Å². The van der Waals surface area contributed by atoms with E-state index in [2.05, 4.69) is 0 Å². The lowest BCUT2D eigenvalue weighted by molar-refractivity contribution is 0.629. The summed E-state index contributed by atoms with van der Waals surface area (Å²) in [5.41, 5.74) is 5.65. The predicted molar refractivity (Wildman–Crippen MR) is 58.9 cm³/mol. The highest BCUT2D eigenvalue weighted by Crippen LogP contribution is 2.35. The third kappa shape index (κ3) is 2.21. The molecule has 0 amide bonds. The third-order valence-electron chi connectivity index (χ3n) is 2.58. The molecule has 1 saturated carbocycles. The van der Waals surface area contributed by atoms with E-state index in [-0.39, 0.29) is 11.5 Å². The Hall–Kier alpha value is -0.700. The van der Waals surface area contributed by atoms with Gasteiger partial charge in [0.15, 0.2) is 0 Å². The van der Waals surface area contributed by atoms with Gasteiger partial charge in [-0.3, -0.25) is 0 Å². The Bertz CT molecular complexity index is 321. The average Bonchev–Trinajstić information content (AvgIpc) is 2.64. The van der Waals surface area contributed by atoms with Crippen LogP contribution in [-0.4, -0.2) is 5.25 Å². The van der Waals surface area contributed by atoms with E-state index in [4.69, 9.17) is 5.73 Å². The van der Waals surface area contributed by atoms with E-state index in [9.17, 15) is 4.39 Å². The molecule has 0 spiro atoms. The van der Waals surface area contributed by atoms with E-state index in [1.54, 1.807) is 23.9 Å². The van der Waals surface area contributed by atoms with E-state index in [1.807, 2.05) is 6.07 Å². The Balaban J connectivity index is 2.05. The Morgan fingerprint density at radius 2 is 2.00 bits per heavy atom. The fourth-order valence-corrected chi connectivity index (χ4v) is 3.05. The van der Waals surface area contributed by atoms with Gasteiger partial charge in [-0.15, -0.1) is 11.8 Å². The van der Waals surface area contributed by atoms with Crippen LogP contribution in [0.5, 0.6) is 0 Å². The molecule has 0 aliphatic heterocycles. The van der Waals surface area contributed by atoms with Crippen LogP contribution < -0.4 is 5.73 Å². The van der Waals surface area contributed by atoms with Gasteiger partial charge in [-0.1, -0.05) is 12.8 Å². The zero-order valence-electron chi connectivity index (χ0n) is 8.00. The fraction of sp³-hybridized carbons (Fsp3) is 0.455. The van der Waals surface area contributed by atoms with Crippen molar-refractivity contribution in [1.82, 2.24) is 0 Å². The van der Waals surface area contributed by atoms with Crippen molar-refractivity contribution >= 4 is 17.4 Å². The lowest BCUT2D eigenvalue weighted by Gasteiger charge is -2.08. The minimum Gasteiger partial charge on any atom is -0.396 e. The highest BCUT2D eigenvalue weighted by molar-refractivity contribution is 8.00. The van der Waals surface area contributed by atoms with Gasteiger partial charge >= 0.3 is 0 Å². The molecule has 1 aromatic rings. The average molecular weight is 211 g/mol. The summed E-state index contributed by atoms with van der Waals surface area (Å²) < 4.78 is 13.1. The first-order valence-electron chi connectivity index (χ1n) is 4.97. The smallest absolute Gasteiger partial charge is 0.147 e. The highest BCUT2D eigenvalue weighted by Gasteiger charge is 2.16. The van der Waals surface area contributed by atoms with E-state index < -0.39 is 0 Å². The number of hydrogen-bond donors (Lipinski definition) is 1. The fourth-order valence-electron chi connectivity index (χ4n) is 1.78. The zero-order valence-corrected chi connectivity index (χ0v) is 8.82. The zero-order chi connectivity index (χ0) is 9.97. The van der Waals surface area contributed by atoms with Crippen molar-refractivity contribution in [3.8, 4) is 0 Å². The molecule has 1 aliphatic rings. The van der Waals surface area contributed by atoms with Gasteiger partial charge in [0, 0.05) is 10.1 Å². The van der Waals surface area contributed by atoms with Gasteiger partial charge in [0.05, 0.1) is 5.69 Å². The molecule has 2 N–H and O–H groups in total. The molecule has 2 rings (SSSR count). The molecular weight excluding hydrogens is 197 g/mol. The summed E-state index contributed by atoms with van der Waals surface area (Å²) in [6.45, 7) is 0. The van der Waals surface area contributed by atoms with Gasteiger partial charge in [0.1, 0.15) is 5.82 Å². The third-order valence-corrected chi connectivity index (χ3v) is 3.91. The first-order valence-corrected chi connectivity index (χ1v) is 5.85. The normalized spacial score (nSPS) is 17.5. The van der Waals surface area contributed by atoms with Crippen LogP contribution in [0.3, 0.4) is 0 Å². The number of anilines is 1. The largest absolute Gasteiger partial charge is 0.396 e. The molecule has 0 unspecified atom stereocenters. The van der Waals surface area contributed by atoms with E-state index >= 15 is 0 Å². The van der Waals surface area contributed by atoms with Crippen LogP contribution in [0.4, 0.5) is 10.1 Å². The molecule has 0 aromatic heterocycles. The SMILES string of the molecule is Nc1ccc(SC2CCCC2)cc1F. The maximum atomic E-state index is 13.1. The standard InChI is InChI=1S/C11H14FNS/c12-10-7-9(5-6-11(10)13)14-8-3-1-2-4-8/h5-8H,1-4,13H2. The van der Waals surface area contributed by atoms with Crippen molar-refractivity contribution in [3.63, 3.8) is 0 Å². The number of nitrogens with two attached hydrogens (primary N) is 1. The summed E-state index contributed by atoms with van der Waals surface area (Å²) in [6, 6.07) is 5.09. The van der Waals surface area contributed by atoms with Gasteiger partial charge in [0.2, 0.25) is 0 Å². The Labute approximate surface area is 87.9 Å². The molecule has 0 saturated heterocycles. The van der Waals surface area contributed by atoms with E-state index in [0.717, 1.165) is 4.90 Å². The van der Waals surface area contributed by atoms with Crippen LogP contribution in [-0.2, 0) is 0 Å². The quantitative estimate of drug-likeness (QED) is 0.758. The summed E-state index contributed by atoms with van der Waals surface area (Å²) in [4.78, 5) is 1.00. The molecule has 14 heavy (non-hydrogen) atoms. The molecule has 0 atom stereocenters. The first kappa shape index (κ1) is 9.84. The number of nitrogen functional groups attached to an aromatic ring is 1. The predicted octanol–water partition coefficient (Wildman–Crippen LogP) is 3.44. The second-order valence-corrected chi connectivity index (χ2v) is 5.08. The Kier molecular flexibility index (Phi) is 2.96. The molecule has 1 fully saturated rings. The van der Waals surface area contributed by atoms with Crippen molar-refractivity contribution in [3.05, 3.63) is 24.0 Å². The molecular formula is C11H14FNS. The van der Waals surface area contributed by atoms with Crippen molar-refractivity contribution in [2.75, 3.05) is 5.73 Å². The molecule has 1 nitrogen and oxygen atoms in total. The molecule has 76 valence electrons. The summed E-state index contributed by atoms with van der Waals surface area (Å²) in [6.07, 6.45) is 5.15. The minimum absolute atomic E-state index is 0.237. The van der Waals surface area contributed by atoms with Crippen LogP contribution in [0.2, 0.25) is 0 Å². The molecule has 0 bridgehead atoms. The van der Waals surface area contributed by atoms with E-state index in [1.165, 1.54) is 25.7 Å². The van der Waals surface area contributed by atoms with Crippen LogP contribution in [0.1, 0.15) is 25.7 Å². The molecule has 3 heteroatoms. The number of thioether (sulfide) groups is 1. The Morgan fingerprint density at radius 1 is 1.29 bits per heavy atom. The molecule has 1 aromatic carbocycles. The Morgan fingerprint density at radius 3 is 2.64 bits per heavy atom. The molecule has 0 heterocycles. The molecule has 1 aliphatic carbocycles. The van der Waals surface area contributed by atoms with Gasteiger partial charge in [-0.25, -0.2) is 4.39 Å². The summed E-state index contributed by atoms with van der Waals surface area (Å²) in [7, 11) is 0. The van der Waals surface area contributed by atoms with Gasteiger partial charge in [-0.2, -0.15) is 0 Å². The van der Waals surface area contributed by atoms with Crippen molar-refractivity contribution in [2.24, 2.45) is 0 Å². The number of benzene rings is 1. The first-order chi connectivity index (χ1) is 6.75. The number of halogens is 1. The second kappa shape index (κ2) is 4.22. The van der Waals surface area contributed by atoms with Crippen LogP contribution >= 0.6 is 11.8 Å². The van der Waals surface area contributed by atoms with Crippen LogP contribution in [0, 0.1) is 5.82 Å². The molecule has 0 radical (unpaired) electrons. The van der Waals surface area contributed by atoms with E-state index in [0.29, 0.717) is 5.25 Å². The summed E-state index contributed by atoms with van der Waals surface area (Å²) in [5.74, 6) is -0.298. The van der Waals surface area contributed by atoms with Crippen LogP contribution in [0.15, 0.2) is 23.1 Å². The topological polar surface area (TPSA) is 26.0 Å². The van der Waals surface area contributed by atoms with Gasteiger partial charge in [0.25, 0.3) is 0 Å². The highest BCUT2D eigenvalue weighted by atomic mass is 32.2. The maximum absolute atomic E-state index is 13.1. The lowest BCUT2D eigenvalue weighted by atomic mass is 10.3. The van der Waals surface area contributed by atoms with Gasteiger partial charge in [-0.05, 0) is 31.0 Å². The number of hydrogen-bond acceptors (Lipinski definition) is 2. The van der Waals surface area contributed by atoms with Crippen molar-refractivity contribution in [1.29, 1.82) is 0 Å². The summed E-state index contributed by atoms with van der Waals surface area (Å²) >= 11 is 1.78. The monoisotopic (exact) mass is 211 g/mol. The summed E-state index contributed by atoms with van der Waals surface area (Å²) in [5, 5.41) is 0.679. The maximum Gasteiger partial charge on any atom is 0.147 e. The van der Waals surface area contributed by atoms with Crippen molar-refractivity contribution in [2.45, 2.75) is 35.8 Å².